The first-order valence-electron chi connectivity index (χ1n) is 9.79. The van der Waals surface area contributed by atoms with Crippen LogP contribution in [-0.4, -0.2) is 38.7 Å². The van der Waals surface area contributed by atoms with Crippen molar-refractivity contribution in [3.8, 4) is 0 Å². The molecule has 5 heteroatoms. The van der Waals surface area contributed by atoms with Gasteiger partial charge in [-0.25, -0.2) is 0 Å². The van der Waals surface area contributed by atoms with E-state index in [9.17, 15) is 14.7 Å². The Morgan fingerprint density at radius 2 is 1.78 bits per heavy atom. The molecule has 5 nitrogen and oxygen atoms in total. The molecule has 142 valence electrons. The molecule has 1 N–H and O–H groups in total. The topological polar surface area (TPSA) is 62.5 Å². The number of pyridine rings is 1. The number of benzene rings is 1. The summed E-state index contributed by atoms with van der Waals surface area (Å²) in [5.74, 6) is -0.161. The van der Waals surface area contributed by atoms with Gasteiger partial charge in [-0.2, -0.15) is 0 Å². The molecule has 0 spiro atoms. The number of fused-ring (bicyclic) bond motifs is 2. The van der Waals surface area contributed by atoms with Crippen molar-refractivity contribution in [3.05, 3.63) is 69.6 Å². The molecule has 3 atom stereocenters. The van der Waals surface area contributed by atoms with E-state index in [1.54, 1.807) is 10.8 Å². The molecular formula is C22H26N2O3. The fourth-order valence-electron chi connectivity index (χ4n) is 4.60. The molecule has 2 aliphatic rings. The number of carbonyl (C=O) groups is 1. The second kappa shape index (κ2) is 7.31. The van der Waals surface area contributed by atoms with Crippen LogP contribution in [0.1, 0.15) is 47.2 Å². The molecule has 4 rings (SSSR count). The number of rotatable bonds is 4. The summed E-state index contributed by atoms with van der Waals surface area (Å²) in [6.07, 6.45) is 5.28. The van der Waals surface area contributed by atoms with E-state index < -0.39 is 0 Å². The highest BCUT2D eigenvalue weighted by Crippen LogP contribution is 2.36. The Morgan fingerprint density at radius 3 is 2.44 bits per heavy atom. The van der Waals surface area contributed by atoms with Gasteiger partial charge in [0.25, 0.3) is 11.5 Å². The predicted molar refractivity (Wildman–Crippen MR) is 104 cm³/mol. The van der Waals surface area contributed by atoms with Crippen LogP contribution in [0.2, 0.25) is 0 Å². The molecule has 1 aromatic carbocycles. The lowest BCUT2D eigenvalue weighted by atomic mass is 9.98. The maximum Gasteiger partial charge on any atom is 0.263 e. The molecule has 3 heterocycles. The number of hydrogen-bond donors (Lipinski definition) is 1. The summed E-state index contributed by atoms with van der Waals surface area (Å²) in [5.41, 5.74) is 1.98. The smallest absolute Gasteiger partial charge is 0.263 e. The van der Waals surface area contributed by atoms with E-state index >= 15 is 0 Å². The lowest BCUT2D eigenvalue weighted by Crippen LogP contribution is -2.49. The van der Waals surface area contributed by atoms with Gasteiger partial charge in [-0.3, -0.25) is 9.59 Å². The Hall–Kier alpha value is -2.40. The number of carbonyl (C=O) groups excluding carboxylic acids is 1. The van der Waals surface area contributed by atoms with Crippen molar-refractivity contribution >= 4 is 5.91 Å². The van der Waals surface area contributed by atoms with Gasteiger partial charge in [-0.1, -0.05) is 30.3 Å². The SMILES string of the molecule is Cc1ccn(CCc2ccccc2)c(=O)c1C(=O)N1[C@@H]2CC[C@H]1CC(O)C2. The van der Waals surface area contributed by atoms with Crippen LogP contribution in [-0.2, 0) is 13.0 Å². The van der Waals surface area contributed by atoms with Gasteiger partial charge >= 0.3 is 0 Å². The number of aryl methyl sites for hydroxylation is 3. The van der Waals surface area contributed by atoms with Crippen molar-refractivity contribution in [1.82, 2.24) is 9.47 Å². The van der Waals surface area contributed by atoms with E-state index in [1.165, 1.54) is 5.56 Å². The third-order valence-electron chi connectivity index (χ3n) is 6.01. The van der Waals surface area contributed by atoms with Crippen LogP contribution < -0.4 is 5.56 Å². The second-order valence-corrected chi connectivity index (χ2v) is 7.83. The van der Waals surface area contributed by atoms with Crippen LogP contribution in [0.5, 0.6) is 0 Å². The minimum atomic E-state index is -0.328. The van der Waals surface area contributed by atoms with Gasteiger partial charge in [0.15, 0.2) is 0 Å². The van der Waals surface area contributed by atoms with E-state index in [1.807, 2.05) is 48.2 Å². The average molecular weight is 366 g/mol. The molecule has 0 saturated carbocycles. The molecule has 2 fully saturated rings. The number of aliphatic hydroxyl groups excluding tert-OH is 1. The Morgan fingerprint density at radius 1 is 1.11 bits per heavy atom. The first-order valence-corrected chi connectivity index (χ1v) is 9.79. The van der Waals surface area contributed by atoms with Crippen LogP contribution >= 0.6 is 0 Å². The van der Waals surface area contributed by atoms with Crippen molar-refractivity contribution in [2.45, 2.75) is 63.8 Å². The van der Waals surface area contributed by atoms with E-state index in [2.05, 4.69) is 0 Å². The highest BCUT2D eigenvalue weighted by atomic mass is 16.3. The van der Waals surface area contributed by atoms with Crippen LogP contribution in [0.4, 0.5) is 0 Å². The van der Waals surface area contributed by atoms with Crippen LogP contribution in [0.15, 0.2) is 47.4 Å². The summed E-state index contributed by atoms with van der Waals surface area (Å²) in [6, 6.07) is 12.0. The standard InChI is InChI=1S/C22H26N2O3/c1-15-9-11-23(12-10-16-5-3-2-4-6-16)21(26)20(15)22(27)24-17-7-8-18(24)14-19(25)13-17/h2-6,9,11,17-19,25H,7-8,10,12-14H2,1H3/t17-,18+,19?. The fraction of sp³-hybridized carbons (Fsp3) is 0.455. The quantitative estimate of drug-likeness (QED) is 0.904. The summed E-state index contributed by atoms with van der Waals surface area (Å²) < 4.78 is 1.65. The first kappa shape index (κ1) is 18.0. The van der Waals surface area contributed by atoms with E-state index in [0.717, 1.165) is 24.8 Å². The molecule has 27 heavy (non-hydrogen) atoms. The molecule has 1 unspecified atom stereocenters. The highest BCUT2D eigenvalue weighted by molar-refractivity contribution is 5.96. The van der Waals surface area contributed by atoms with E-state index in [0.29, 0.717) is 24.9 Å². The number of piperidine rings is 1. The lowest BCUT2D eigenvalue weighted by molar-refractivity contribution is 0.0284. The molecule has 1 amide bonds. The summed E-state index contributed by atoms with van der Waals surface area (Å²) in [7, 11) is 0. The lowest BCUT2D eigenvalue weighted by Gasteiger charge is -2.37. The number of hydrogen-bond acceptors (Lipinski definition) is 3. The van der Waals surface area contributed by atoms with Gasteiger partial charge in [0.1, 0.15) is 5.56 Å². The van der Waals surface area contributed by atoms with Gasteiger partial charge in [0.2, 0.25) is 0 Å². The summed E-state index contributed by atoms with van der Waals surface area (Å²) in [6.45, 7) is 2.38. The third kappa shape index (κ3) is 3.44. The first-order chi connectivity index (χ1) is 13.0. The van der Waals surface area contributed by atoms with Crippen molar-refractivity contribution in [3.63, 3.8) is 0 Å². The molecule has 2 aromatic rings. The number of aromatic nitrogens is 1. The van der Waals surface area contributed by atoms with Crippen molar-refractivity contribution in [1.29, 1.82) is 0 Å². The maximum absolute atomic E-state index is 13.3. The molecule has 2 bridgehead atoms. The number of amides is 1. The molecule has 0 aliphatic carbocycles. The maximum atomic E-state index is 13.3. The Labute approximate surface area is 159 Å². The number of nitrogens with zero attached hydrogens (tertiary/aromatic N) is 2. The molecular weight excluding hydrogens is 340 g/mol. The zero-order valence-electron chi connectivity index (χ0n) is 15.7. The Bertz CT molecular complexity index is 876. The van der Waals surface area contributed by atoms with E-state index in [-0.39, 0.29) is 29.7 Å². The van der Waals surface area contributed by atoms with Crippen LogP contribution in [0.3, 0.4) is 0 Å². The largest absolute Gasteiger partial charge is 0.393 e. The third-order valence-corrected chi connectivity index (χ3v) is 6.01. The van der Waals surface area contributed by atoms with Gasteiger partial charge in [0.05, 0.1) is 6.10 Å². The summed E-state index contributed by atoms with van der Waals surface area (Å²) >= 11 is 0. The van der Waals surface area contributed by atoms with E-state index in [4.69, 9.17) is 0 Å². The second-order valence-electron chi connectivity index (χ2n) is 7.83. The molecule has 1 aromatic heterocycles. The van der Waals surface area contributed by atoms with Gasteiger partial charge in [0, 0.05) is 24.8 Å². The summed E-state index contributed by atoms with van der Waals surface area (Å²) in [4.78, 5) is 28.2. The van der Waals surface area contributed by atoms with Crippen LogP contribution in [0, 0.1) is 6.92 Å². The normalized spacial score (nSPS) is 24.2. The Kier molecular flexibility index (Phi) is 4.87. The highest BCUT2D eigenvalue weighted by Gasteiger charge is 2.43. The van der Waals surface area contributed by atoms with Gasteiger partial charge < -0.3 is 14.6 Å². The summed E-state index contributed by atoms with van der Waals surface area (Å²) in [5, 5.41) is 9.99. The Balaban J connectivity index is 1.59. The molecule has 2 saturated heterocycles. The van der Waals surface area contributed by atoms with Crippen LogP contribution in [0.25, 0.3) is 0 Å². The molecule has 0 radical (unpaired) electrons. The number of aliphatic hydroxyl groups is 1. The minimum absolute atomic E-state index is 0.0584. The van der Waals surface area contributed by atoms with Gasteiger partial charge in [-0.05, 0) is 56.2 Å². The van der Waals surface area contributed by atoms with Crippen molar-refractivity contribution < 1.29 is 9.90 Å². The van der Waals surface area contributed by atoms with Gasteiger partial charge in [-0.15, -0.1) is 0 Å². The van der Waals surface area contributed by atoms with Crippen molar-refractivity contribution in [2.24, 2.45) is 0 Å². The fourth-order valence-corrected chi connectivity index (χ4v) is 4.60. The predicted octanol–water partition coefficient (Wildman–Crippen LogP) is 2.53. The monoisotopic (exact) mass is 366 g/mol. The average Bonchev–Trinajstić information content (AvgIpc) is 2.93. The van der Waals surface area contributed by atoms with Crippen molar-refractivity contribution in [2.75, 3.05) is 0 Å². The minimum Gasteiger partial charge on any atom is -0.393 e. The zero-order chi connectivity index (χ0) is 19.0. The zero-order valence-corrected chi connectivity index (χ0v) is 15.7. The molecule has 2 aliphatic heterocycles.